The van der Waals surface area contributed by atoms with E-state index in [4.69, 9.17) is 23.2 Å². The third-order valence-corrected chi connectivity index (χ3v) is 5.69. The average Bonchev–Trinajstić information content (AvgIpc) is 2.94. The van der Waals surface area contributed by atoms with Crippen LogP contribution in [0, 0.1) is 23.7 Å². The second-order valence-electron chi connectivity index (χ2n) is 6.26. The van der Waals surface area contributed by atoms with Crippen LogP contribution in [0.4, 0.5) is 5.69 Å². The van der Waals surface area contributed by atoms with E-state index in [0.29, 0.717) is 28.6 Å². The average molecular weight is 342 g/mol. The number of benzene rings is 1. The zero-order valence-electron chi connectivity index (χ0n) is 11.4. The Labute approximate surface area is 136 Å². The molecule has 1 aromatic carbocycles. The summed E-state index contributed by atoms with van der Waals surface area (Å²) in [5.74, 6) is -5.21. The van der Waals surface area contributed by atoms with Gasteiger partial charge in [0.25, 0.3) is 0 Å². The van der Waals surface area contributed by atoms with Crippen LogP contribution in [0.1, 0.15) is 12.8 Å². The minimum absolute atomic E-state index is 0.335. The number of nitrogens with zero attached hydrogens (tertiary/aromatic N) is 1. The molecule has 2 amide bonds. The van der Waals surface area contributed by atoms with Crippen molar-refractivity contribution in [3.05, 3.63) is 28.2 Å². The second kappa shape index (κ2) is 4.45. The van der Waals surface area contributed by atoms with Crippen LogP contribution in [0.3, 0.4) is 0 Å². The van der Waals surface area contributed by atoms with E-state index < -0.39 is 41.3 Å². The highest BCUT2D eigenvalue weighted by molar-refractivity contribution is 6.35. The van der Waals surface area contributed by atoms with Gasteiger partial charge >= 0.3 is 0 Å². The van der Waals surface area contributed by atoms with Crippen LogP contribution >= 0.6 is 23.2 Å². The van der Waals surface area contributed by atoms with E-state index in [2.05, 4.69) is 0 Å². The molecule has 0 aromatic heterocycles. The smallest absolute Gasteiger partial charge is 0.238 e. The van der Waals surface area contributed by atoms with Gasteiger partial charge in [0.05, 0.1) is 17.5 Å². The molecule has 0 unspecified atom stereocenters. The maximum absolute atomic E-state index is 12.7. The summed E-state index contributed by atoms with van der Waals surface area (Å²) in [7, 11) is 0. The molecule has 2 N–H and O–H groups in total. The number of amides is 2. The van der Waals surface area contributed by atoms with Gasteiger partial charge in [0.2, 0.25) is 11.8 Å². The summed E-state index contributed by atoms with van der Waals surface area (Å²) >= 11 is 11.9. The summed E-state index contributed by atoms with van der Waals surface area (Å²) in [6, 6.07) is 4.54. The lowest BCUT2D eigenvalue weighted by atomic mass is 9.81. The fourth-order valence-corrected chi connectivity index (χ4v) is 4.94. The highest BCUT2D eigenvalue weighted by atomic mass is 35.5. The molecule has 2 aliphatic carbocycles. The van der Waals surface area contributed by atoms with Gasteiger partial charge in [-0.25, -0.2) is 4.90 Å². The maximum Gasteiger partial charge on any atom is 0.238 e. The molecule has 0 radical (unpaired) electrons. The molecule has 5 nitrogen and oxygen atoms in total. The standard InChI is InChI=1S/C15H13Cl2NO4/c16-6-3-7(17)5-8(4-6)18-13(19)11-9-1-2-10(15(9,21)22)12(11)14(18)20/h3-5,9-12,21-22H,1-2H2/t9-,10+,11-,12+. The van der Waals surface area contributed by atoms with Crippen LogP contribution in [-0.2, 0) is 9.59 Å². The van der Waals surface area contributed by atoms with E-state index >= 15 is 0 Å². The van der Waals surface area contributed by atoms with Crippen molar-refractivity contribution in [1.29, 1.82) is 0 Å². The number of hydrogen-bond donors (Lipinski definition) is 2. The number of rotatable bonds is 1. The number of fused-ring (bicyclic) bond motifs is 5. The first-order valence-electron chi connectivity index (χ1n) is 7.11. The zero-order valence-corrected chi connectivity index (χ0v) is 12.9. The van der Waals surface area contributed by atoms with Crippen LogP contribution < -0.4 is 4.90 Å². The quantitative estimate of drug-likeness (QED) is 0.603. The first-order chi connectivity index (χ1) is 10.3. The molecular weight excluding hydrogens is 329 g/mol. The molecule has 1 aromatic rings. The molecule has 1 heterocycles. The molecule has 3 aliphatic rings. The Hall–Kier alpha value is -1.14. The minimum Gasteiger partial charge on any atom is -0.365 e. The molecule has 1 saturated heterocycles. The molecule has 116 valence electrons. The molecule has 22 heavy (non-hydrogen) atoms. The van der Waals surface area contributed by atoms with Crippen molar-refractivity contribution in [3.8, 4) is 0 Å². The van der Waals surface area contributed by atoms with Gasteiger partial charge in [-0.3, -0.25) is 9.59 Å². The summed E-state index contributed by atoms with van der Waals surface area (Å²) in [5, 5.41) is 21.0. The predicted molar refractivity (Wildman–Crippen MR) is 79.3 cm³/mol. The van der Waals surface area contributed by atoms with Crippen molar-refractivity contribution in [2.75, 3.05) is 4.90 Å². The SMILES string of the molecule is O=C1[C@@H]2[C@H](C(=O)N1c1cc(Cl)cc(Cl)c1)[C@H]1CC[C@@H]2C1(O)O. The summed E-state index contributed by atoms with van der Waals surface area (Å²) in [5.41, 5.74) is 0.336. The van der Waals surface area contributed by atoms with Crippen LogP contribution in [-0.4, -0.2) is 27.8 Å². The lowest BCUT2D eigenvalue weighted by Crippen LogP contribution is -2.42. The molecule has 4 rings (SSSR count). The first kappa shape index (κ1) is 14.5. The number of halogens is 2. The van der Waals surface area contributed by atoms with Crippen LogP contribution in [0.5, 0.6) is 0 Å². The van der Waals surface area contributed by atoms with Gasteiger partial charge in [0.1, 0.15) is 0 Å². The van der Waals surface area contributed by atoms with Gasteiger partial charge in [0.15, 0.2) is 5.79 Å². The maximum atomic E-state index is 12.7. The Bertz CT molecular complexity index is 653. The van der Waals surface area contributed by atoms with Gasteiger partial charge in [-0.15, -0.1) is 0 Å². The molecule has 4 atom stereocenters. The van der Waals surface area contributed by atoms with Crippen LogP contribution in [0.2, 0.25) is 10.0 Å². The Kier molecular flexibility index (Phi) is 2.92. The van der Waals surface area contributed by atoms with E-state index in [1.54, 1.807) is 0 Å². The number of imide groups is 1. The summed E-state index contributed by atoms with van der Waals surface area (Å²) < 4.78 is 0. The fraction of sp³-hybridized carbons (Fsp3) is 0.467. The lowest BCUT2D eigenvalue weighted by Gasteiger charge is -2.25. The van der Waals surface area contributed by atoms with E-state index in [-0.39, 0.29) is 0 Å². The van der Waals surface area contributed by atoms with E-state index in [1.165, 1.54) is 18.2 Å². The zero-order chi connectivity index (χ0) is 15.8. The summed E-state index contributed by atoms with van der Waals surface area (Å²) in [6.45, 7) is 0. The number of anilines is 1. The molecule has 2 bridgehead atoms. The Morgan fingerprint density at radius 2 is 1.41 bits per heavy atom. The largest absolute Gasteiger partial charge is 0.365 e. The van der Waals surface area contributed by atoms with Crippen molar-refractivity contribution in [3.63, 3.8) is 0 Å². The van der Waals surface area contributed by atoms with Gasteiger partial charge in [-0.1, -0.05) is 23.2 Å². The third-order valence-electron chi connectivity index (χ3n) is 5.25. The number of hydrogen-bond acceptors (Lipinski definition) is 4. The van der Waals surface area contributed by atoms with Gasteiger partial charge in [-0.2, -0.15) is 0 Å². The van der Waals surface area contributed by atoms with Crippen molar-refractivity contribution in [2.45, 2.75) is 18.6 Å². The Morgan fingerprint density at radius 1 is 0.955 bits per heavy atom. The van der Waals surface area contributed by atoms with Gasteiger partial charge in [-0.05, 0) is 31.0 Å². The lowest BCUT2D eigenvalue weighted by molar-refractivity contribution is -0.199. The van der Waals surface area contributed by atoms with Crippen molar-refractivity contribution < 1.29 is 19.8 Å². The van der Waals surface area contributed by atoms with Crippen LogP contribution in [0.15, 0.2) is 18.2 Å². The third kappa shape index (κ3) is 1.68. The molecule has 1 aliphatic heterocycles. The van der Waals surface area contributed by atoms with Crippen molar-refractivity contribution in [2.24, 2.45) is 23.7 Å². The minimum atomic E-state index is -1.92. The molecule has 0 spiro atoms. The Balaban J connectivity index is 1.77. The highest BCUT2D eigenvalue weighted by Gasteiger charge is 2.71. The fourth-order valence-electron chi connectivity index (χ4n) is 4.43. The van der Waals surface area contributed by atoms with Crippen molar-refractivity contribution >= 4 is 40.7 Å². The number of aliphatic hydroxyl groups is 2. The molecule has 7 heteroatoms. The first-order valence-corrected chi connectivity index (χ1v) is 7.86. The Morgan fingerprint density at radius 3 is 1.86 bits per heavy atom. The van der Waals surface area contributed by atoms with Gasteiger partial charge in [0, 0.05) is 21.9 Å². The summed E-state index contributed by atoms with van der Waals surface area (Å²) in [4.78, 5) is 26.5. The predicted octanol–water partition coefficient (Wildman–Crippen LogP) is 1.82. The van der Waals surface area contributed by atoms with Crippen molar-refractivity contribution in [1.82, 2.24) is 0 Å². The highest BCUT2D eigenvalue weighted by Crippen LogP contribution is 2.60. The number of carbonyl (C=O) groups is 2. The second-order valence-corrected chi connectivity index (χ2v) is 7.14. The van der Waals surface area contributed by atoms with E-state index in [9.17, 15) is 19.8 Å². The molecule has 2 saturated carbocycles. The molecular formula is C15H13Cl2NO4. The molecule has 3 fully saturated rings. The van der Waals surface area contributed by atoms with E-state index in [1.807, 2.05) is 0 Å². The van der Waals surface area contributed by atoms with Gasteiger partial charge < -0.3 is 10.2 Å². The van der Waals surface area contributed by atoms with E-state index in [0.717, 1.165) is 4.90 Å². The topological polar surface area (TPSA) is 77.8 Å². The normalized spacial score (nSPS) is 35.4. The number of carbonyl (C=O) groups excluding carboxylic acids is 2. The monoisotopic (exact) mass is 341 g/mol. The van der Waals surface area contributed by atoms with Crippen LogP contribution in [0.25, 0.3) is 0 Å². The summed E-state index contributed by atoms with van der Waals surface area (Å²) in [6.07, 6.45) is 1.09.